The van der Waals surface area contributed by atoms with E-state index in [-0.39, 0.29) is 20.3 Å². The zero-order chi connectivity index (χ0) is 15.8. The Morgan fingerprint density at radius 3 is 1.48 bits per heavy atom. The summed E-state index contributed by atoms with van der Waals surface area (Å²) in [7, 11) is 0. The van der Waals surface area contributed by atoms with Gasteiger partial charge in [0, 0.05) is 11.4 Å². The van der Waals surface area contributed by atoms with Gasteiger partial charge in [0.2, 0.25) is 0 Å². The summed E-state index contributed by atoms with van der Waals surface area (Å²) in [5, 5.41) is 6.80. The van der Waals surface area contributed by atoms with Crippen LogP contribution in [0.5, 0.6) is 11.5 Å². The quantitative estimate of drug-likeness (QED) is 0.621. The Balaban J connectivity index is 0.00000264. The first kappa shape index (κ1) is 19.4. The van der Waals surface area contributed by atoms with Crippen LogP contribution < -0.4 is 39.0 Å². The van der Waals surface area contributed by atoms with Crippen LogP contribution in [-0.2, 0) is 0 Å². The predicted octanol–water partition coefficient (Wildman–Crippen LogP) is 1.41. The third kappa shape index (κ3) is 6.53. The standard InChI is InChI=1S/C17H20N2O2S.Li.H/c1-3-20-15-9-5-13(6-10-15)18-17(22)19-14-7-11-16(12-8-14)21-4-2;;/h5-12H,3-4H2,1-2H3,(H2,18,19,22);;/q;+1;-1. The van der Waals surface area contributed by atoms with E-state index in [2.05, 4.69) is 10.6 Å². The second-order valence-electron chi connectivity index (χ2n) is 4.49. The van der Waals surface area contributed by atoms with Crippen molar-refractivity contribution < 1.29 is 29.8 Å². The molecule has 0 unspecified atom stereocenters. The molecular formula is C17H21LiN2O2S. The van der Waals surface area contributed by atoms with Crippen LogP contribution in [0.1, 0.15) is 15.3 Å². The minimum atomic E-state index is 0. The summed E-state index contributed by atoms with van der Waals surface area (Å²) in [6, 6.07) is 15.3. The van der Waals surface area contributed by atoms with Crippen molar-refractivity contribution in [1.29, 1.82) is 0 Å². The summed E-state index contributed by atoms with van der Waals surface area (Å²) in [6.07, 6.45) is 0. The minimum absolute atomic E-state index is 0. The van der Waals surface area contributed by atoms with Crippen molar-refractivity contribution >= 4 is 28.7 Å². The summed E-state index contributed by atoms with van der Waals surface area (Å²) in [4.78, 5) is 0. The molecule has 0 radical (unpaired) electrons. The zero-order valence-electron chi connectivity index (χ0n) is 14.8. The van der Waals surface area contributed by atoms with E-state index >= 15 is 0 Å². The molecule has 2 N–H and O–H groups in total. The van der Waals surface area contributed by atoms with Gasteiger partial charge < -0.3 is 21.5 Å². The molecule has 0 aliphatic rings. The molecule has 0 bridgehead atoms. The van der Waals surface area contributed by atoms with Crippen LogP contribution in [-0.4, -0.2) is 18.3 Å². The van der Waals surface area contributed by atoms with E-state index in [9.17, 15) is 0 Å². The van der Waals surface area contributed by atoms with E-state index in [4.69, 9.17) is 21.7 Å². The topological polar surface area (TPSA) is 42.5 Å². The summed E-state index contributed by atoms with van der Waals surface area (Å²) in [5.74, 6) is 1.69. The first-order chi connectivity index (χ1) is 10.7. The van der Waals surface area contributed by atoms with Gasteiger partial charge in [0.1, 0.15) is 11.5 Å². The molecule has 0 atom stereocenters. The third-order valence-corrected chi connectivity index (χ3v) is 3.05. The molecule has 2 aromatic rings. The molecule has 118 valence electrons. The van der Waals surface area contributed by atoms with Crippen LogP contribution >= 0.6 is 12.2 Å². The SMILES string of the molecule is CCOc1ccc(NC(=S)Nc2ccc(OCC)cc2)cc1.[H-].[Li+]. The van der Waals surface area contributed by atoms with Crippen molar-refractivity contribution in [3.63, 3.8) is 0 Å². The molecule has 0 saturated carbocycles. The fourth-order valence-corrected chi connectivity index (χ4v) is 2.13. The average Bonchev–Trinajstić information content (AvgIpc) is 2.52. The van der Waals surface area contributed by atoms with E-state index in [1.54, 1.807) is 0 Å². The average molecular weight is 324 g/mol. The molecule has 0 aliphatic carbocycles. The maximum absolute atomic E-state index is 5.40. The maximum atomic E-state index is 5.40. The molecule has 0 heterocycles. The van der Waals surface area contributed by atoms with Crippen LogP contribution in [0.25, 0.3) is 0 Å². The van der Waals surface area contributed by atoms with Crippen LogP contribution in [0.4, 0.5) is 11.4 Å². The molecule has 0 amide bonds. The number of hydrogen-bond acceptors (Lipinski definition) is 3. The Hall–Kier alpha value is -1.67. The molecular weight excluding hydrogens is 303 g/mol. The Morgan fingerprint density at radius 2 is 1.17 bits per heavy atom. The second-order valence-corrected chi connectivity index (χ2v) is 4.90. The van der Waals surface area contributed by atoms with Gasteiger partial charge in [0.15, 0.2) is 5.11 Å². The van der Waals surface area contributed by atoms with E-state index in [0.29, 0.717) is 18.3 Å². The van der Waals surface area contributed by atoms with Crippen molar-refractivity contribution in [3.05, 3.63) is 48.5 Å². The van der Waals surface area contributed by atoms with Crippen molar-refractivity contribution in [2.75, 3.05) is 23.8 Å². The molecule has 23 heavy (non-hydrogen) atoms. The van der Waals surface area contributed by atoms with E-state index in [1.165, 1.54) is 0 Å². The van der Waals surface area contributed by atoms with Crippen molar-refractivity contribution in [1.82, 2.24) is 0 Å². The van der Waals surface area contributed by atoms with Gasteiger partial charge in [-0.05, 0) is 74.6 Å². The van der Waals surface area contributed by atoms with Gasteiger partial charge in [-0.15, -0.1) is 0 Å². The van der Waals surface area contributed by atoms with Crippen LogP contribution in [0.3, 0.4) is 0 Å². The summed E-state index contributed by atoms with van der Waals surface area (Å²) in [5.41, 5.74) is 1.82. The number of thiocarbonyl (C=S) groups is 1. The van der Waals surface area contributed by atoms with Crippen LogP contribution in [0, 0.1) is 0 Å². The molecule has 4 nitrogen and oxygen atoms in total. The summed E-state index contributed by atoms with van der Waals surface area (Å²) < 4.78 is 10.8. The predicted molar refractivity (Wildman–Crippen MR) is 96.2 cm³/mol. The molecule has 2 rings (SSSR count). The Morgan fingerprint density at radius 1 is 0.826 bits per heavy atom. The van der Waals surface area contributed by atoms with E-state index < -0.39 is 0 Å². The first-order valence-electron chi connectivity index (χ1n) is 7.25. The Bertz CT molecular complexity index is 555. The monoisotopic (exact) mass is 324 g/mol. The number of rotatable bonds is 6. The number of anilines is 2. The number of ether oxygens (including phenoxy) is 2. The molecule has 0 aliphatic heterocycles. The number of benzene rings is 2. The summed E-state index contributed by atoms with van der Waals surface area (Å²) >= 11 is 5.30. The molecule has 0 saturated heterocycles. The Kier molecular flexibility index (Phi) is 8.57. The molecule has 0 aromatic heterocycles. The van der Waals surface area contributed by atoms with Crippen molar-refractivity contribution in [2.24, 2.45) is 0 Å². The van der Waals surface area contributed by atoms with Crippen molar-refractivity contribution in [3.8, 4) is 11.5 Å². The number of hydrogen-bond donors (Lipinski definition) is 2. The fraction of sp³-hybridized carbons (Fsp3) is 0.235. The van der Waals surface area contributed by atoms with Crippen molar-refractivity contribution in [2.45, 2.75) is 13.8 Å². The molecule has 0 spiro atoms. The van der Waals surface area contributed by atoms with E-state index in [0.717, 1.165) is 22.9 Å². The van der Waals surface area contributed by atoms with Gasteiger partial charge in [0.05, 0.1) is 13.2 Å². The van der Waals surface area contributed by atoms with Gasteiger partial charge in [-0.3, -0.25) is 0 Å². The smallest absolute Gasteiger partial charge is 1.00 e. The maximum Gasteiger partial charge on any atom is 1.00 e. The zero-order valence-corrected chi connectivity index (χ0v) is 14.6. The normalized spacial score (nSPS) is 9.48. The molecule has 2 aromatic carbocycles. The summed E-state index contributed by atoms with van der Waals surface area (Å²) in [6.45, 7) is 5.24. The van der Waals surface area contributed by atoms with Gasteiger partial charge in [0.25, 0.3) is 0 Å². The second kappa shape index (κ2) is 10.2. The first-order valence-corrected chi connectivity index (χ1v) is 7.65. The minimum Gasteiger partial charge on any atom is -1.00 e. The Labute approximate surface area is 156 Å². The van der Waals surface area contributed by atoms with Gasteiger partial charge in [-0.2, -0.15) is 0 Å². The van der Waals surface area contributed by atoms with Crippen LogP contribution in [0.15, 0.2) is 48.5 Å². The van der Waals surface area contributed by atoms with Gasteiger partial charge >= 0.3 is 18.9 Å². The fourth-order valence-electron chi connectivity index (χ4n) is 1.90. The molecule has 0 fully saturated rings. The van der Waals surface area contributed by atoms with E-state index in [1.807, 2.05) is 62.4 Å². The largest absolute Gasteiger partial charge is 1.00 e. The third-order valence-electron chi connectivity index (χ3n) is 2.85. The van der Waals surface area contributed by atoms with Gasteiger partial charge in [-0.1, -0.05) is 0 Å². The molecule has 6 heteroatoms. The number of nitrogens with one attached hydrogen (secondary N) is 2. The van der Waals surface area contributed by atoms with Crippen LogP contribution in [0.2, 0.25) is 0 Å². The van der Waals surface area contributed by atoms with Gasteiger partial charge in [-0.25, -0.2) is 0 Å².